The lowest BCUT2D eigenvalue weighted by Crippen LogP contribution is -2.52. The Labute approximate surface area is 160 Å². The Morgan fingerprint density at radius 2 is 2.18 bits per heavy atom. The SMILES string of the molecule is NC(=O)c1cnc(N2CCCC3(C2)C(=O)NCC3O)c2c1[nH]c1ccccc12. The van der Waals surface area contributed by atoms with Crippen molar-refractivity contribution in [3.8, 4) is 0 Å². The average molecular weight is 379 g/mol. The number of nitrogens with two attached hydrogens (primary N) is 1. The van der Waals surface area contributed by atoms with Crippen molar-refractivity contribution in [2.75, 3.05) is 24.5 Å². The standard InChI is InChI=1S/C20H21N5O3/c21-17(27)12-8-22-18(15-11-4-1-2-5-13(11)24-16(12)15)25-7-3-6-20(10-25)14(26)9-23-19(20)28/h1-2,4-5,8,14,24,26H,3,6-7,9-10H2,(H2,21,27)(H,23,28). The van der Waals surface area contributed by atoms with E-state index in [-0.39, 0.29) is 12.5 Å². The van der Waals surface area contributed by atoms with Gasteiger partial charge in [0.15, 0.2) is 0 Å². The molecular weight excluding hydrogens is 358 g/mol. The number of aromatic amines is 1. The Morgan fingerprint density at radius 1 is 1.36 bits per heavy atom. The fraction of sp³-hybridized carbons (Fsp3) is 0.350. The number of aromatic nitrogens is 2. The second kappa shape index (κ2) is 5.93. The number of amides is 2. The molecule has 1 aromatic carbocycles. The van der Waals surface area contributed by atoms with Crippen LogP contribution in [0.1, 0.15) is 23.2 Å². The zero-order valence-corrected chi connectivity index (χ0v) is 15.2. The van der Waals surface area contributed by atoms with Crippen molar-refractivity contribution >= 4 is 39.4 Å². The van der Waals surface area contributed by atoms with Crippen molar-refractivity contribution in [3.05, 3.63) is 36.0 Å². The average Bonchev–Trinajstić information content (AvgIpc) is 3.21. The first-order valence-electron chi connectivity index (χ1n) is 9.42. The van der Waals surface area contributed by atoms with Crippen LogP contribution < -0.4 is 16.0 Å². The molecule has 8 nitrogen and oxygen atoms in total. The Hall–Kier alpha value is -3.13. The molecule has 2 amide bonds. The number of β-amino-alcohol motifs (C(OH)–C–C–N with tert-alkyl or cyclic N) is 1. The Morgan fingerprint density at radius 3 is 2.93 bits per heavy atom. The molecule has 0 aliphatic carbocycles. The number of hydrogen-bond donors (Lipinski definition) is 4. The van der Waals surface area contributed by atoms with Crippen LogP contribution in [0.2, 0.25) is 0 Å². The van der Waals surface area contributed by atoms with Gasteiger partial charge in [-0.15, -0.1) is 0 Å². The number of benzene rings is 1. The highest BCUT2D eigenvalue weighted by Crippen LogP contribution is 2.41. The first-order chi connectivity index (χ1) is 13.5. The maximum Gasteiger partial charge on any atom is 0.252 e. The zero-order chi connectivity index (χ0) is 19.5. The summed E-state index contributed by atoms with van der Waals surface area (Å²) in [6.07, 6.45) is 2.19. The first-order valence-corrected chi connectivity index (χ1v) is 9.42. The summed E-state index contributed by atoms with van der Waals surface area (Å²) in [6, 6.07) is 7.77. The molecule has 8 heteroatoms. The molecule has 0 bridgehead atoms. The molecule has 2 unspecified atom stereocenters. The summed E-state index contributed by atoms with van der Waals surface area (Å²) in [6.45, 7) is 1.39. The van der Waals surface area contributed by atoms with Crippen LogP contribution in [0, 0.1) is 5.41 Å². The van der Waals surface area contributed by atoms with E-state index in [9.17, 15) is 14.7 Å². The minimum atomic E-state index is -0.819. The number of hydrogen-bond acceptors (Lipinski definition) is 5. The van der Waals surface area contributed by atoms with Gasteiger partial charge in [-0.05, 0) is 18.9 Å². The van der Waals surface area contributed by atoms with E-state index in [1.807, 2.05) is 29.2 Å². The molecule has 2 saturated heterocycles. The number of pyridine rings is 1. The lowest BCUT2D eigenvalue weighted by Gasteiger charge is -2.41. The smallest absolute Gasteiger partial charge is 0.252 e. The number of para-hydroxylation sites is 1. The normalized spacial score (nSPS) is 25.0. The van der Waals surface area contributed by atoms with Crippen molar-refractivity contribution in [1.29, 1.82) is 0 Å². The van der Waals surface area contributed by atoms with Gasteiger partial charge in [0.25, 0.3) is 5.91 Å². The number of H-pyrrole nitrogens is 1. The van der Waals surface area contributed by atoms with Crippen molar-refractivity contribution in [2.24, 2.45) is 11.1 Å². The van der Waals surface area contributed by atoms with E-state index in [0.717, 1.165) is 29.3 Å². The van der Waals surface area contributed by atoms with Crippen LogP contribution in [0.15, 0.2) is 30.5 Å². The predicted molar refractivity (Wildman–Crippen MR) is 105 cm³/mol. The molecule has 0 radical (unpaired) electrons. The van der Waals surface area contributed by atoms with Crippen molar-refractivity contribution in [3.63, 3.8) is 0 Å². The highest BCUT2D eigenvalue weighted by Gasteiger charge is 2.52. The van der Waals surface area contributed by atoms with E-state index in [1.54, 1.807) is 0 Å². The van der Waals surface area contributed by atoms with Gasteiger partial charge in [0, 0.05) is 36.7 Å². The van der Waals surface area contributed by atoms with Gasteiger partial charge < -0.3 is 26.0 Å². The number of anilines is 1. The molecule has 2 atom stereocenters. The van der Waals surface area contributed by atoms with Crippen LogP contribution in [0.3, 0.4) is 0 Å². The Kier molecular flexibility index (Phi) is 3.60. The zero-order valence-electron chi connectivity index (χ0n) is 15.2. The second-order valence-corrected chi connectivity index (χ2v) is 7.69. The van der Waals surface area contributed by atoms with Gasteiger partial charge in [-0.2, -0.15) is 0 Å². The minimum absolute atomic E-state index is 0.103. The number of fused-ring (bicyclic) bond motifs is 3. The molecule has 28 heavy (non-hydrogen) atoms. The van der Waals surface area contributed by atoms with E-state index < -0.39 is 17.4 Å². The molecule has 2 aliphatic rings. The van der Waals surface area contributed by atoms with Crippen molar-refractivity contribution in [1.82, 2.24) is 15.3 Å². The molecule has 144 valence electrons. The van der Waals surface area contributed by atoms with E-state index in [4.69, 9.17) is 5.73 Å². The summed E-state index contributed by atoms with van der Waals surface area (Å²) in [5.74, 6) is 0.0494. The maximum atomic E-state index is 12.5. The van der Waals surface area contributed by atoms with E-state index in [0.29, 0.717) is 29.9 Å². The van der Waals surface area contributed by atoms with Crippen LogP contribution >= 0.6 is 0 Å². The topological polar surface area (TPSA) is 124 Å². The summed E-state index contributed by atoms with van der Waals surface area (Å²) in [5, 5.41) is 15.0. The van der Waals surface area contributed by atoms with Gasteiger partial charge in [-0.1, -0.05) is 18.2 Å². The summed E-state index contributed by atoms with van der Waals surface area (Å²) >= 11 is 0. The molecule has 1 spiro atoms. The summed E-state index contributed by atoms with van der Waals surface area (Å²) in [5.41, 5.74) is 6.61. The van der Waals surface area contributed by atoms with Gasteiger partial charge in [0.2, 0.25) is 5.91 Å². The lowest BCUT2D eigenvalue weighted by atomic mass is 9.76. The number of rotatable bonds is 2. The van der Waals surface area contributed by atoms with Crippen molar-refractivity contribution in [2.45, 2.75) is 18.9 Å². The number of carbonyl (C=O) groups excluding carboxylic acids is 2. The number of primary amides is 1. The number of aliphatic hydroxyl groups is 1. The quantitative estimate of drug-likeness (QED) is 0.526. The Balaban J connectivity index is 1.70. The van der Waals surface area contributed by atoms with Gasteiger partial charge >= 0.3 is 0 Å². The number of nitrogens with zero attached hydrogens (tertiary/aromatic N) is 2. The molecule has 4 heterocycles. The number of aliphatic hydroxyl groups excluding tert-OH is 1. The van der Waals surface area contributed by atoms with Gasteiger partial charge in [0.1, 0.15) is 5.82 Å². The molecule has 5 N–H and O–H groups in total. The Bertz CT molecular complexity index is 1120. The molecule has 2 aliphatic heterocycles. The third kappa shape index (κ3) is 2.24. The van der Waals surface area contributed by atoms with Crippen molar-refractivity contribution < 1.29 is 14.7 Å². The molecule has 5 rings (SSSR count). The first kappa shape index (κ1) is 17.0. The van der Waals surface area contributed by atoms with Gasteiger partial charge in [-0.3, -0.25) is 9.59 Å². The second-order valence-electron chi connectivity index (χ2n) is 7.69. The van der Waals surface area contributed by atoms with Gasteiger partial charge in [-0.25, -0.2) is 4.98 Å². The third-order valence-electron chi connectivity index (χ3n) is 6.15. The van der Waals surface area contributed by atoms with Gasteiger partial charge in [0.05, 0.1) is 28.0 Å². The van der Waals surface area contributed by atoms with E-state index in [2.05, 4.69) is 15.3 Å². The summed E-state index contributed by atoms with van der Waals surface area (Å²) < 4.78 is 0. The van der Waals surface area contributed by atoms with Crippen LogP contribution in [0.5, 0.6) is 0 Å². The molecule has 3 aromatic rings. The van der Waals surface area contributed by atoms with Crippen LogP contribution in [-0.2, 0) is 4.79 Å². The van der Waals surface area contributed by atoms with Crippen LogP contribution in [0.4, 0.5) is 5.82 Å². The van der Waals surface area contributed by atoms with E-state index >= 15 is 0 Å². The maximum absolute atomic E-state index is 12.5. The molecule has 2 aromatic heterocycles. The summed E-state index contributed by atoms with van der Waals surface area (Å²) in [7, 11) is 0. The molecule has 2 fully saturated rings. The van der Waals surface area contributed by atoms with Crippen LogP contribution in [0.25, 0.3) is 21.8 Å². The predicted octanol–water partition coefficient (Wildman–Crippen LogP) is 0.892. The minimum Gasteiger partial charge on any atom is -0.390 e. The highest BCUT2D eigenvalue weighted by atomic mass is 16.3. The van der Waals surface area contributed by atoms with E-state index in [1.165, 1.54) is 6.20 Å². The number of carbonyl (C=O) groups is 2. The number of nitrogens with one attached hydrogen (secondary N) is 2. The highest BCUT2D eigenvalue weighted by molar-refractivity contribution is 6.18. The fourth-order valence-corrected chi connectivity index (χ4v) is 4.69. The van der Waals surface area contributed by atoms with Crippen LogP contribution in [-0.4, -0.2) is 52.6 Å². The lowest BCUT2D eigenvalue weighted by molar-refractivity contribution is -0.131. The summed E-state index contributed by atoms with van der Waals surface area (Å²) in [4.78, 5) is 34.4. The molecular formula is C20H21N5O3. The number of piperidine rings is 1. The third-order valence-corrected chi connectivity index (χ3v) is 6.15. The molecule has 0 saturated carbocycles. The fourth-order valence-electron chi connectivity index (χ4n) is 4.69. The largest absolute Gasteiger partial charge is 0.390 e. The monoisotopic (exact) mass is 379 g/mol.